The molecule has 13 nitrogen and oxygen atoms in total. The van der Waals surface area contributed by atoms with Crippen molar-refractivity contribution < 1.29 is 52.6 Å². The first kappa shape index (κ1) is 26.8. The van der Waals surface area contributed by atoms with Crippen LogP contribution < -0.4 is 0 Å². The van der Waals surface area contributed by atoms with Gasteiger partial charge in [0.25, 0.3) is 0 Å². The molecule has 13 heteroatoms. The third-order valence-electron chi connectivity index (χ3n) is 3.34. The summed E-state index contributed by atoms with van der Waals surface area (Å²) in [5.74, 6) is -4.24. The third-order valence-corrected chi connectivity index (χ3v) is 3.34. The molecule has 0 radical (unpaired) electrons. The van der Waals surface area contributed by atoms with Gasteiger partial charge in [-0.1, -0.05) is 0 Å². The average molecular weight is 435 g/mol. The van der Waals surface area contributed by atoms with Gasteiger partial charge in [0.05, 0.1) is 6.42 Å². The Morgan fingerprint density at radius 2 is 1.10 bits per heavy atom. The van der Waals surface area contributed by atoms with Gasteiger partial charge >= 0.3 is 29.8 Å². The summed E-state index contributed by atoms with van der Waals surface area (Å²) in [6.45, 7) is 3.87. The molecule has 0 fully saturated rings. The van der Waals surface area contributed by atoms with Crippen molar-refractivity contribution in [2.45, 2.75) is 65.5 Å². The predicted molar refractivity (Wildman–Crippen MR) is 95.3 cm³/mol. The van der Waals surface area contributed by atoms with Crippen molar-refractivity contribution >= 4 is 29.8 Å². The van der Waals surface area contributed by atoms with Crippen LogP contribution in [0.1, 0.15) is 41.0 Å². The van der Waals surface area contributed by atoms with E-state index in [1.54, 1.807) is 0 Å². The lowest BCUT2D eigenvalue weighted by atomic mass is 9.99. The van der Waals surface area contributed by atoms with Crippen LogP contribution in [-0.4, -0.2) is 72.3 Å². The summed E-state index contributed by atoms with van der Waals surface area (Å²) >= 11 is 0. The van der Waals surface area contributed by atoms with Crippen LogP contribution in [0.4, 0.5) is 0 Å². The largest absolute Gasteiger partial charge is 0.462 e. The van der Waals surface area contributed by atoms with Gasteiger partial charge in [-0.05, 0) is 0 Å². The molecule has 0 heterocycles. The number of hydrogen-bond acceptors (Lipinski definition) is 12. The summed E-state index contributed by atoms with van der Waals surface area (Å²) in [6, 6.07) is 0. The van der Waals surface area contributed by atoms with Crippen molar-refractivity contribution in [2.24, 2.45) is 0 Å². The Morgan fingerprint density at radius 3 is 1.47 bits per heavy atom. The maximum Gasteiger partial charge on any atom is 0.303 e. The molecule has 0 rings (SSSR count). The third kappa shape index (κ3) is 11.6. The fraction of sp³-hybridized carbons (Fsp3) is 0.706. The molecular weight excluding hydrogens is 410 g/mol. The van der Waals surface area contributed by atoms with Crippen molar-refractivity contribution in [1.82, 2.24) is 0 Å². The standard InChI is InChI=1S/C17H25NO12/c1-9(19)26-8-15(28-11(3)21)17(30-13(5)23)16(29-12(4)22)14(27-10(2)20)6-7-18(24)25/h14-17H,6-8H2,1-5H3/t14-,15-,16-,17-/m1/s1. The summed E-state index contributed by atoms with van der Waals surface area (Å²) in [6.07, 6.45) is -6.52. The van der Waals surface area contributed by atoms with Crippen LogP contribution in [0.5, 0.6) is 0 Å². The average Bonchev–Trinajstić information content (AvgIpc) is 2.57. The van der Waals surface area contributed by atoms with Crippen LogP contribution in [0.15, 0.2) is 0 Å². The van der Waals surface area contributed by atoms with Gasteiger partial charge < -0.3 is 23.7 Å². The second-order valence-corrected chi connectivity index (χ2v) is 6.09. The molecule has 0 aromatic rings. The lowest BCUT2D eigenvalue weighted by Gasteiger charge is -2.35. The summed E-state index contributed by atoms with van der Waals surface area (Å²) in [5.41, 5.74) is 0. The molecule has 170 valence electrons. The first-order valence-corrected chi connectivity index (χ1v) is 8.77. The van der Waals surface area contributed by atoms with Crippen molar-refractivity contribution in [3.05, 3.63) is 10.1 Å². The first-order chi connectivity index (χ1) is 13.8. The molecular formula is C17H25NO12. The van der Waals surface area contributed by atoms with Crippen LogP contribution in [0, 0.1) is 10.1 Å². The lowest BCUT2D eigenvalue weighted by molar-refractivity contribution is -0.482. The number of carbonyl (C=O) groups excluding carboxylic acids is 5. The second-order valence-electron chi connectivity index (χ2n) is 6.09. The van der Waals surface area contributed by atoms with Crippen LogP contribution in [0.25, 0.3) is 0 Å². The van der Waals surface area contributed by atoms with Gasteiger partial charge in [0.15, 0.2) is 18.3 Å². The number of nitro groups is 1. The Kier molecular flexibility index (Phi) is 11.6. The highest BCUT2D eigenvalue weighted by Crippen LogP contribution is 2.22. The highest BCUT2D eigenvalue weighted by molar-refractivity contribution is 5.69. The summed E-state index contributed by atoms with van der Waals surface area (Å²) in [5, 5.41) is 10.8. The summed E-state index contributed by atoms with van der Waals surface area (Å²) in [7, 11) is 0. The number of esters is 5. The van der Waals surface area contributed by atoms with Crippen LogP contribution >= 0.6 is 0 Å². The Labute approximate surface area is 172 Å². The molecule has 0 aromatic heterocycles. The van der Waals surface area contributed by atoms with Crippen LogP contribution in [0.3, 0.4) is 0 Å². The van der Waals surface area contributed by atoms with Crippen molar-refractivity contribution in [3.8, 4) is 0 Å². The van der Waals surface area contributed by atoms with E-state index >= 15 is 0 Å². The van der Waals surface area contributed by atoms with E-state index in [4.69, 9.17) is 23.7 Å². The van der Waals surface area contributed by atoms with E-state index in [9.17, 15) is 34.1 Å². The van der Waals surface area contributed by atoms with Crippen LogP contribution in [-0.2, 0) is 47.7 Å². The Balaban J connectivity index is 6.19. The highest BCUT2D eigenvalue weighted by atomic mass is 16.6. The number of rotatable bonds is 12. The molecule has 0 N–H and O–H groups in total. The Morgan fingerprint density at radius 1 is 0.700 bits per heavy atom. The molecule has 0 saturated heterocycles. The normalized spacial score (nSPS) is 14.3. The molecule has 0 aliphatic heterocycles. The zero-order chi connectivity index (χ0) is 23.4. The minimum absolute atomic E-state index is 0.414. The SMILES string of the molecule is CC(=O)OC[C@@H](OC(C)=O)[C@@H](OC(C)=O)[C@H](OC(C)=O)[C@@H](CC[N+](=O)[O-])OC(C)=O. The number of nitrogens with zero attached hydrogens (tertiary/aromatic N) is 1. The van der Waals surface area contributed by atoms with Crippen molar-refractivity contribution in [3.63, 3.8) is 0 Å². The van der Waals surface area contributed by atoms with Gasteiger partial charge in [-0.3, -0.25) is 34.1 Å². The summed E-state index contributed by atoms with van der Waals surface area (Å²) in [4.78, 5) is 67.6. The maximum atomic E-state index is 11.7. The molecule has 0 unspecified atom stereocenters. The minimum atomic E-state index is -1.61. The monoisotopic (exact) mass is 435 g/mol. The smallest absolute Gasteiger partial charge is 0.303 e. The zero-order valence-corrected chi connectivity index (χ0v) is 17.3. The minimum Gasteiger partial charge on any atom is -0.462 e. The molecule has 0 bridgehead atoms. The van der Waals surface area contributed by atoms with Crippen molar-refractivity contribution in [1.29, 1.82) is 0 Å². The fourth-order valence-electron chi connectivity index (χ4n) is 2.44. The summed E-state index contributed by atoms with van der Waals surface area (Å²) < 4.78 is 25.2. The zero-order valence-electron chi connectivity index (χ0n) is 17.3. The van der Waals surface area contributed by atoms with E-state index in [0.29, 0.717) is 0 Å². The fourth-order valence-corrected chi connectivity index (χ4v) is 2.44. The quantitative estimate of drug-likeness (QED) is 0.173. The van der Waals surface area contributed by atoms with Gasteiger partial charge in [-0.25, -0.2) is 0 Å². The molecule has 0 aromatic carbocycles. The molecule has 0 aliphatic rings. The van der Waals surface area contributed by atoms with E-state index < -0.39 is 78.8 Å². The Bertz CT molecular complexity index is 605. The van der Waals surface area contributed by atoms with E-state index in [1.165, 1.54) is 0 Å². The van der Waals surface area contributed by atoms with E-state index in [0.717, 1.165) is 34.6 Å². The van der Waals surface area contributed by atoms with Gasteiger partial charge in [0, 0.05) is 39.5 Å². The van der Waals surface area contributed by atoms with Gasteiger partial charge in [0.1, 0.15) is 12.7 Å². The van der Waals surface area contributed by atoms with Gasteiger partial charge in [-0.15, -0.1) is 0 Å². The Hall–Kier alpha value is -3.25. The molecule has 4 atom stereocenters. The van der Waals surface area contributed by atoms with E-state index in [-0.39, 0.29) is 0 Å². The predicted octanol–water partition coefficient (Wildman–Crippen LogP) is -0.0569. The first-order valence-electron chi connectivity index (χ1n) is 8.77. The molecule has 30 heavy (non-hydrogen) atoms. The molecule has 0 spiro atoms. The van der Waals surface area contributed by atoms with Crippen LogP contribution in [0.2, 0.25) is 0 Å². The molecule has 0 saturated carbocycles. The second kappa shape index (κ2) is 13.1. The van der Waals surface area contributed by atoms with E-state index in [2.05, 4.69) is 0 Å². The van der Waals surface area contributed by atoms with Gasteiger partial charge in [-0.2, -0.15) is 0 Å². The number of carbonyl (C=O) groups is 5. The molecule has 0 amide bonds. The highest BCUT2D eigenvalue weighted by Gasteiger charge is 2.44. The van der Waals surface area contributed by atoms with E-state index in [1.807, 2.05) is 0 Å². The topological polar surface area (TPSA) is 175 Å². The van der Waals surface area contributed by atoms with Gasteiger partial charge in [0.2, 0.25) is 6.54 Å². The maximum absolute atomic E-state index is 11.7. The number of ether oxygens (including phenoxy) is 5. The lowest BCUT2D eigenvalue weighted by Crippen LogP contribution is -2.53. The van der Waals surface area contributed by atoms with Crippen molar-refractivity contribution in [2.75, 3.05) is 13.2 Å². The number of hydrogen-bond donors (Lipinski definition) is 0. The molecule has 0 aliphatic carbocycles.